The Hall–Kier alpha value is -4.37. The summed E-state index contributed by atoms with van der Waals surface area (Å²) < 4.78 is 10.9. The molecule has 1 aliphatic heterocycles. The molecule has 3 aromatic heterocycles. The zero-order valence-corrected chi connectivity index (χ0v) is 20.6. The van der Waals surface area contributed by atoms with Crippen LogP contribution in [0.1, 0.15) is 39.4 Å². The fraction of sp³-hybridized carbons (Fsp3) is 0.148. The van der Waals surface area contributed by atoms with E-state index in [1.165, 1.54) is 11.3 Å². The summed E-state index contributed by atoms with van der Waals surface area (Å²) >= 11 is 1.24. The normalized spacial score (nSPS) is 14.4. The van der Waals surface area contributed by atoms with E-state index in [-0.39, 0.29) is 10.8 Å². The number of hydrogen-bond donors (Lipinski definition) is 2. The molecule has 0 saturated heterocycles. The number of ether oxygens (including phenoxy) is 1. The van der Waals surface area contributed by atoms with E-state index < -0.39 is 11.7 Å². The van der Waals surface area contributed by atoms with Gasteiger partial charge in [-0.05, 0) is 62.7 Å². The van der Waals surface area contributed by atoms with Crippen molar-refractivity contribution in [3.63, 3.8) is 0 Å². The summed E-state index contributed by atoms with van der Waals surface area (Å²) in [5.74, 6) is -0.674. The molecule has 2 aromatic carbocycles. The van der Waals surface area contributed by atoms with Crippen LogP contribution in [-0.4, -0.2) is 36.8 Å². The van der Waals surface area contributed by atoms with E-state index in [1.807, 2.05) is 46.5 Å². The van der Waals surface area contributed by atoms with E-state index in [9.17, 15) is 14.7 Å². The van der Waals surface area contributed by atoms with Gasteiger partial charge in [0.05, 0.1) is 27.8 Å². The first-order valence-electron chi connectivity index (χ1n) is 11.3. The molecule has 0 spiro atoms. The van der Waals surface area contributed by atoms with Crippen LogP contribution in [0, 0.1) is 6.92 Å². The van der Waals surface area contributed by atoms with Crippen LogP contribution < -0.4 is 10.1 Å². The first-order valence-corrected chi connectivity index (χ1v) is 12.2. The molecule has 0 aliphatic carbocycles. The first kappa shape index (κ1) is 22.1. The number of fused-ring (bicyclic) bond motifs is 2. The fourth-order valence-corrected chi connectivity index (χ4v) is 5.57. The van der Waals surface area contributed by atoms with Crippen molar-refractivity contribution in [3.05, 3.63) is 83.3 Å². The van der Waals surface area contributed by atoms with Crippen molar-refractivity contribution in [2.45, 2.75) is 26.5 Å². The van der Waals surface area contributed by atoms with Crippen LogP contribution in [0.15, 0.2) is 67.3 Å². The minimum absolute atomic E-state index is 0.194. The molecule has 1 amide bonds. The Morgan fingerprint density at radius 2 is 1.86 bits per heavy atom. The lowest BCUT2D eigenvalue weighted by Crippen LogP contribution is -2.51. The number of benzene rings is 2. The van der Waals surface area contributed by atoms with E-state index in [1.54, 1.807) is 38.5 Å². The van der Waals surface area contributed by atoms with Crippen LogP contribution in [0.2, 0.25) is 0 Å². The van der Waals surface area contributed by atoms with Crippen LogP contribution in [0.4, 0.5) is 0 Å². The number of carbonyl (C=O) groups is 2. The van der Waals surface area contributed by atoms with Crippen LogP contribution in [0.25, 0.3) is 32.8 Å². The Morgan fingerprint density at radius 1 is 1.08 bits per heavy atom. The van der Waals surface area contributed by atoms with Gasteiger partial charge in [0.2, 0.25) is 0 Å². The van der Waals surface area contributed by atoms with Gasteiger partial charge < -0.3 is 24.3 Å². The van der Waals surface area contributed by atoms with E-state index in [4.69, 9.17) is 4.74 Å². The van der Waals surface area contributed by atoms with Gasteiger partial charge >= 0.3 is 5.97 Å². The van der Waals surface area contributed by atoms with Gasteiger partial charge in [-0.3, -0.25) is 4.79 Å². The van der Waals surface area contributed by atoms with Gasteiger partial charge in [0.1, 0.15) is 10.6 Å². The highest BCUT2D eigenvalue weighted by Crippen LogP contribution is 2.39. The molecule has 1 aliphatic rings. The zero-order chi connectivity index (χ0) is 25.2. The molecule has 0 fully saturated rings. The van der Waals surface area contributed by atoms with Crippen molar-refractivity contribution in [2.24, 2.45) is 0 Å². The Kier molecular flexibility index (Phi) is 4.81. The van der Waals surface area contributed by atoms with Crippen molar-refractivity contribution in [1.29, 1.82) is 0 Å². The lowest BCUT2D eigenvalue weighted by atomic mass is 10.0. The predicted octanol–water partition coefficient (Wildman–Crippen LogP) is 5.41. The minimum atomic E-state index is -0.961. The number of carboxylic acids is 1. The highest BCUT2D eigenvalue weighted by molar-refractivity contribution is 7.20. The highest BCUT2D eigenvalue weighted by atomic mass is 32.1. The molecule has 0 atom stereocenters. The van der Waals surface area contributed by atoms with Crippen LogP contribution in [0.3, 0.4) is 0 Å². The lowest BCUT2D eigenvalue weighted by Gasteiger charge is -2.33. The number of aromatic nitrogens is 3. The molecule has 5 aromatic rings. The Morgan fingerprint density at radius 3 is 2.58 bits per heavy atom. The topological polar surface area (TPSA) is 98.4 Å². The van der Waals surface area contributed by atoms with Crippen molar-refractivity contribution in [3.8, 4) is 28.4 Å². The SMILES string of the molecule is Cc1cc(-n2ccnc2)ccc1-c1cc2sc(C(=O)O)cc2n1-c1ccc2c(c1)OC(C)(C)NC2=O. The number of imidazole rings is 1. The molecule has 2 N–H and O–H groups in total. The molecule has 0 unspecified atom stereocenters. The third-order valence-corrected chi connectivity index (χ3v) is 7.30. The van der Waals surface area contributed by atoms with Crippen molar-refractivity contribution in [1.82, 2.24) is 19.4 Å². The molecular formula is C27H22N4O4S. The zero-order valence-electron chi connectivity index (χ0n) is 19.8. The number of carboxylic acid groups (broad SMARTS) is 1. The number of carbonyl (C=O) groups excluding carboxylic acids is 1. The predicted molar refractivity (Wildman–Crippen MR) is 138 cm³/mol. The third-order valence-electron chi connectivity index (χ3n) is 6.24. The van der Waals surface area contributed by atoms with Crippen LogP contribution in [0.5, 0.6) is 5.75 Å². The van der Waals surface area contributed by atoms with E-state index >= 15 is 0 Å². The average molecular weight is 499 g/mol. The van der Waals surface area contributed by atoms with E-state index in [0.29, 0.717) is 11.3 Å². The van der Waals surface area contributed by atoms with Gasteiger partial charge in [-0.15, -0.1) is 11.3 Å². The van der Waals surface area contributed by atoms with Gasteiger partial charge in [-0.1, -0.05) is 6.07 Å². The second-order valence-corrected chi connectivity index (χ2v) is 10.3. The maximum atomic E-state index is 12.6. The number of aromatic carboxylic acids is 1. The van der Waals surface area contributed by atoms with E-state index in [0.717, 1.165) is 38.4 Å². The summed E-state index contributed by atoms with van der Waals surface area (Å²) in [6, 6.07) is 15.3. The number of hydrogen-bond acceptors (Lipinski definition) is 5. The monoisotopic (exact) mass is 498 g/mol. The average Bonchev–Trinajstić information content (AvgIpc) is 3.54. The molecule has 36 heavy (non-hydrogen) atoms. The number of rotatable bonds is 4. The largest absolute Gasteiger partial charge is 0.477 e. The van der Waals surface area contributed by atoms with E-state index in [2.05, 4.69) is 22.4 Å². The van der Waals surface area contributed by atoms with Crippen molar-refractivity contribution in [2.75, 3.05) is 0 Å². The molecule has 8 nitrogen and oxygen atoms in total. The molecule has 9 heteroatoms. The van der Waals surface area contributed by atoms with Gasteiger partial charge in [-0.2, -0.15) is 0 Å². The van der Waals surface area contributed by atoms with Crippen LogP contribution in [-0.2, 0) is 0 Å². The Bertz CT molecular complexity index is 1680. The molecule has 0 saturated carbocycles. The molecule has 0 radical (unpaired) electrons. The van der Waals surface area contributed by atoms with Gasteiger partial charge in [0.25, 0.3) is 5.91 Å². The number of nitrogens with zero attached hydrogens (tertiary/aromatic N) is 3. The lowest BCUT2D eigenvalue weighted by molar-refractivity contribution is 0.0432. The smallest absolute Gasteiger partial charge is 0.345 e. The molecular weight excluding hydrogens is 476 g/mol. The highest BCUT2D eigenvalue weighted by Gasteiger charge is 2.32. The first-order chi connectivity index (χ1) is 17.2. The molecule has 4 heterocycles. The minimum Gasteiger partial charge on any atom is -0.477 e. The second kappa shape index (κ2) is 7.82. The van der Waals surface area contributed by atoms with Crippen molar-refractivity contribution < 1.29 is 19.4 Å². The second-order valence-electron chi connectivity index (χ2n) is 9.25. The van der Waals surface area contributed by atoms with Gasteiger partial charge in [-0.25, -0.2) is 9.78 Å². The maximum Gasteiger partial charge on any atom is 0.345 e. The van der Waals surface area contributed by atoms with Crippen LogP contribution >= 0.6 is 11.3 Å². The maximum absolute atomic E-state index is 12.6. The summed E-state index contributed by atoms with van der Waals surface area (Å²) in [6.07, 6.45) is 5.39. The quantitative estimate of drug-likeness (QED) is 0.345. The van der Waals surface area contributed by atoms with Crippen molar-refractivity contribution >= 4 is 33.4 Å². The van der Waals surface area contributed by atoms with Gasteiger partial charge in [0, 0.05) is 35.4 Å². The molecule has 6 rings (SSSR count). The number of thiophene rings is 1. The summed E-state index contributed by atoms with van der Waals surface area (Å²) in [5.41, 5.74) is 5.16. The Balaban J connectivity index is 1.56. The fourth-order valence-electron chi connectivity index (χ4n) is 4.64. The number of nitrogens with one attached hydrogen (secondary N) is 1. The summed E-state index contributed by atoms with van der Waals surface area (Å²) in [7, 11) is 0. The van der Waals surface area contributed by atoms with Gasteiger partial charge in [0.15, 0.2) is 5.72 Å². The standard InChI is InChI=1S/C27H22N4O4S/c1-15-10-16(30-9-8-28-14-30)4-6-18(15)20-12-23-21(13-24(36-23)26(33)34)31(20)17-5-7-19-22(11-17)35-27(2,3)29-25(19)32/h4-14H,1-3H3,(H,29,32)(H,33,34). The number of amides is 1. The summed E-state index contributed by atoms with van der Waals surface area (Å²) in [4.78, 5) is 28.7. The number of aryl methyl sites for hydroxylation is 1. The summed E-state index contributed by atoms with van der Waals surface area (Å²) in [6.45, 7) is 5.64. The third kappa shape index (κ3) is 3.56. The molecule has 0 bridgehead atoms. The summed E-state index contributed by atoms with van der Waals surface area (Å²) in [5, 5.41) is 12.4. The Labute approximate surface area is 210 Å². The molecule has 180 valence electrons.